The summed E-state index contributed by atoms with van der Waals surface area (Å²) in [5.74, 6) is 0.779. The summed E-state index contributed by atoms with van der Waals surface area (Å²) in [5.41, 5.74) is 1.67. The number of rotatable bonds is 7. The van der Waals surface area contributed by atoms with E-state index in [0.29, 0.717) is 30.0 Å². The van der Waals surface area contributed by atoms with Gasteiger partial charge >= 0.3 is 0 Å². The van der Waals surface area contributed by atoms with Crippen molar-refractivity contribution in [2.75, 3.05) is 20.8 Å². The summed E-state index contributed by atoms with van der Waals surface area (Å²) in [4.78, 5) is 11.8. The number of benzene rings is 2. The summed E-state index contributed by atoms with van der Waals surface area (Å²) in [7, 11) is 3.17. The van der Waals surface area contributed by atoms with E-state index in [2.05, 4.69) is 5.32 Å². The topological polar surface area (TPSA) is 47.6 Å². The first-order valence-electron chi connectivity index (χ1n) is 7.55. The van der Waals surface area contributed by atoms with Gasteiger partial charge in [-0.05, 0) is 47.9 Å². The van der Waals surface area contributed by atoms with Crippen molar-refractivity contribution < 1.29 is 18.7 Å². The number of carbonyl (C=O) groups excluding carboxylic acids is 1. The van der Waals surface area contributed by atoms with E-state index in [1.807, 2.05) is 18.2 Å². The molecule has 0 aliphatic heterocycles. The Morgan fingerprint density at radius 2 is 1.92 bits per heavy atom. The highest BCUT2D eigenvalue weighted by atomic mass is 19.1. The minimum Gasteiger partial charge on any atom is -0.493 e. The zero-order valence-corrected chi connectivity index (χ0v) is 13.7. The molecule has 126 valence electrons. The molecule has 0 bridgehead atoms. The Hall–Kier alpha value is -2.82. The van der Waals surface area contributed by atoms with E-state index < -0.39 is 0 Å². The van der Waals surface area contributed by atoms with Crippen LogP contribution in [0.3, 0.4) is 0 Å². The van der Waals surface area contributed by atoms with Gasteiger partial charge in [0.1, 0.15) is 5.82 Å². The summed E-state index contributed by atoms with van der Waals surface area (Å²) in [6.07, 6.45) is 3.64. The predicted octanol–water partition coefficient (Wildman–Crippen LogP) is 3.22. The van der Waals surface area contributed by atoms with E-state index in [-0.39, 0.29) is 11.7 Å². The van der Waals surface area contributed by atoms with Crippen molar-refractivity contribution in [2.24, 2.45) is 0 Å². The summed E-state index contributed by atoms with van der Waals surface area (Å²) in [6, 6.07) is 11.7. The van der Waals surface area contributed by atoms with Crippen molar-refractivity contribution in [3.8, 4) is 11.5 Å². The SMILES string of the molecule is COc1ccc(CCNC(=O)/C=C/c2cccc(F)c2)cc1OC. The Balaban J connectivity index is 1.84. The van der Waals surface area contributed by atoms with E-state index in [0.717, 1.165) is 5.56 Å². The lowest BCUT2D eigenvalue weighted by molar-refractivity contribution is -0.116. The molecular formula is C19H20FNO3. The van der Waals surface area contributed by atoms with Crippen molar-refractivity contribution in [3.05, 3.63) is 65.5 Å². The fourth-order valence-corrected chi connectivity index (χ4v) is 2.21. The number of nitrogens with one attached hydrogen (secondary N) is 1. The fraction of sp³-hybridized carbons (Fsp3) is 0.211. The van der Waals surface area contributed by atoms with Crippen molar-refractivity contribution in [1.29, 1.82) is 0 Å². The van der Waals surface area contributed by atoms with Crippen molar-refractivity contribution in [3.63, 3.8) is 0 Å². The van der Waals surface area contributed by atoms with Crippen LogP contribution in [-0.2, 0) is 11.2 Å². The van der Waals surface area contributed by atoms with Gasteiger partial charge in [-0.3, -0.25) is 4.79 Å². The van der Waals surface area contributed by atoms with Gasteiger partial charge in [0.15, 0.2) is 11.5 Å². The lowest BCUT2D eigenvalue weighted by Gasteiger charge is -2.09. The van der Waals surface area contributed by atoms with Gasteiger partial charge in [0.2, 0.25) is 5.91 Å². The summed E-state index contributed by atoms with van der Waals surface area (Å²) in [5, 5.41) is 2.79. The van der Waals surface area contributed by atoms with Crippen LogP contribution >= 0.6 is 0 Å². The molecule has 1 N–H and O–H groups in total. The molecule has 24 heavy (non-hydrogen) atoms. The smallest absolute Gasteiger partial charge is 0.244 e. The number of halogens is 1. The van der Waals surface area contributed by atoms with Crippen LogP contribution in [0.4, 0.5) is 4.39 Å². The van der Waals surface area contributed by atoms with Crippen LogP contribution in [0.1, 0.15) is 11.1 Å². The maximum absolute atomic E-state index is 13.0. The first-order chi connectivity index (χ1) is 11.6. The van der Waals surface area contributed by atoms with Gasteiger partial charge in [0.05, 0.1) is 14.2 Å². The molecule has 0 aliphatic rings. The summed E-state index contributed by atoms with van der Waals surface area (Å²) < 4.78 is 23.5. The van der Waals surface area contributed by atoms with Gasteiger partial charge in [-0.15, -0.1) is 0 Å². The third-order valence-electron chi connectivity index (χ3n) is 3.44. The Kier molecular flexibility index (Phi) is 6.37. The zero-order chi connectivity index (χ0) is 17.4. The molecule has 0 saturated carbocycles. The monoisotopic (exact) mass is 329 g/mol. The van der Waals surface area contributed by atoms with E-state index in [1.165, 1.54) is 18.2 Å². The van der Waals surface area contributed by atoms with Gasteiger partial charge < -0.3 is 14.8 Å². The molecule has 2 aromatic carbocycles. The molecule has 2 aromatic rings. The van der Waals surface area contributed by atoms with Crippen molar-refractivity contribution in [1.82, 2.24) is 5.32 Å². The molecule has 0 radical (unpaired) electrons. The third-order valence-corrected chi connectivity index (χ3v) is 3.44. The second kappa shape index (κ2) is 8.72. The van der Waals surface area contributed by atoms with E-state index >= 15 is 0 Å². The zero-order valence-electron chi connectivity index (χ0n) is 13.7. The first-order valence-corrected chi connectivity index (χ1v) is 7.55. The molecule has 0 saturated heterocycles. The molecule has 0 aliphatic carbocycles. The quantitative estimate of drug-likeness (QED) is 0.794. The Morgan fingerprint density at radius 3 is 2.62 bits per heavy atom. The van der Waals surface area contributed by atoms with Gasteiger partial charge in [0, 0.05) is 12.6 Å². The van der Waals surface area contributed by atoms with Gasteiger partial charge in [-0.1, -0.05) is 18.2 Å². The highest BCUT2D eigenvalue weighted by molar-refractivity contribution is 5.91. The number of hydrogen-bond acceptors (Lipinski definition) is 3. The minimum atomic E-state index is -0.328. The average Bonchev–Trinajstić information content (AvgIpc) is 2.60. The standard InChI is InChI=1S/C19H20FNO3/c1-23-17-8-6-15(13-18(17)24-2)10-11-21-19(22)9-7-14-4-3-5-16(20)12-14/h3-9,12-13H,10-11H2,1-2H3,(H,21,22)/b9-7+. The molecule has 2 rings (SSSR count). The molecule has 0 unspecified atom stereocenters. The number of amides is 1. The lowest BCUT2D eigenvalue weighted by Crippen LogP contribution is -2.23. The molecule has 4 nitrogen and oxygen atoms in total. The molecule has 0 fully saturated rings. The molecule has 1 amide bonds. The second-order valence-corrected chi connectivity index (χ2v) is 5.12. The second-order valence-electron chi connectivity index (χ2n) is 5.12. The molecule has 0 atom stereocenters. The maximum Gasteiger partial charge on any atom is 0.244 e. The lowest BCUT2D eigenvalue weighted by atomic mass is 10.1. The minimum absolute atomic E-state index is 0.222. The molecule has 0 spiro atoms. The van der Waals surface area contributed by atoms with Gasteiger partial charge in [-0.2, -0.15) is 0 Å². The van der Waals surface area contributed by atoms with Gasteiger partial charge in [0.25, 0.3) is 0 Å². The highest BCUT2D eigenvalue weighted by Gasteiger charge is 2.04. The molecular weight excluding hydrogens is 309 g/mol. The number of ether oxygens (including phenoxy) is 2. The highest BCUT2D eigenvalue weighted by Crippen LogP contribution is 2.27. The largest absolute Gasteiger partial charge is 0.493 e. The Morgan fingerprint density at radius 1 is 1.12 bits per heavy atom. The molecule has 0 aromatic heterocycles. The van der Waals surface area contributed by atoms with Crippen LogP contribution in [0.15, 0.2) is 48.5 Å². The molecule has 5 heteroatoms. The number of hydrogen-bond donors (Lipinski definition) is 1. The summed E-state index contributed by atoms with van der Waals surface area (Å²) >= 11 is 0. The van der Waals surface area contributed by atoms with Crippen LogP contribution in [0.5, 0.6) is 11.5 Å². The van der Waals surface area contributed by atoms with Crippen LogP contribution in [0.25, 0.3) is 6.08 Å². The van der Waals surface area contributed by atoms with Crippen LogP contribution in [0, 0.1) is 5.82 Å². The normalized spacial score (nSPS) is 10.6. The Labute approximate surface area is 140 Å². The third kappa shape index (κ3) is 5.12. The first kappa shape index (κ1) is 17.5. The van der Waals surface area contributed by atoms with Crippen molar-refractivity contribution in [2.45, 2.75) is 6.42 Å². The van der Waals surface area contributed by atoms with E-state index in [9.17, 15) is 9.18 Å². The van der Waals surface area contributed by atoms with Crippen LogP contribution in [-0.4, -0.2) is 26.7 Å². The van der Waals surface area contributed by atoms with Crippen LogP contribution in [0.2, 0.25) is 0 Å². The fourth-order valence-electron chi connectivity index (χ4n) is 2.21. The Bertz CT molecular complexity index is 728. The predicted molar refractivity (Wildman–Crippen MR) is 91.7 cm³/mol. The van der Waals surface area contributed by atoms with Crippen molar-refractivity contribution >= 4 is 12.0 Å². The summed E-state index contributed by atoms with van der Waals surface area (Å²) in [6.45, 7) is 0.488. The van der Waals surface area contributed by atoms with E-state index in [1.54, 1.807) is 32.4 Å². The van der Waals surface area contributed by atoms with Gasteiger partial charge in [-0.25, -0.2) is 4.39 Å². The number of carbonyl (C=O) groups is 1. The van der Waals surface area contributed by atoms with Crippen LogP contribution < -0.4 is 14.8 Å². The molecule has 0 heterocycles. The average molecular weight is 329 g/mol. The van der Waals surface area contributed by atoms with E-state index in [4.69, 9.17) is 9.47 Å². The maximum atomic E-state index is 13.0. The number of methoxy groups -OCH3 is 2.